The first-order valence-corrected chi connectivity index (χ1v) is 16.6. The van der Waals surface area contributed by atoms with Crippen molar-refractivity contribution in [3.8, 4) is 0 Å². The Kier molecular flexibility index (Phi) is 13.7. The highest BCUT2D eigenvalue weighted by Crippen LogP contribution is 2.26. The molecule has 0 bridgehead atoms. The summed E-state index contributed by atoms with van der Waals surface area (Å²) >= 11 is 4.48. The first-order chi connectivity index (χ1) is 23.8. The number of piperazine rings is 1. The number of ether oxygens (including phenoxy) is 2. The summed E-state index contributed by atoms with van der Waals surface area (Å²) < 4.78 is 68.0. The largest absolute Gasteiger partial charge is 0.522 e. The van der Waals surface area contributed by atoms with Crippen LogP contribution >= 0.6 is 12.6 Å². The molecule has 0 aliphatic carbocycles. The zero-order valence-electron chi connectivity index (χ0n) is 26.5. The molecule has 2 aromatic rings. The van der Waals surface area contributed by atoms with Crippen LogP contribution in [0.25, 0.3) is 0 Å². The van der Waals surface area contributed by atoms with E-state index in [0.717, 1.165) is 0 Å². The van der Waals surface area contributed by atoms with E-state index in [1.165, 1.54) is 59.8 Å². The van der Waals surface area contributed by atoms with Gasteiger partial charge in [-0.05, 0) is 48.7 Å². The molecule has 0 saturated carbocycles. The first kappa shape index (κ1) is 40.4. The van der Waals surface area contributed by atoms with Gasteiger partial charge < -0.3 is 19.3 Å². The van der Waals surface area contributed by atoms with Gasteiger partial charge in [-0.15, -0.1) is 0 Å². The molecule has 2 saturated heterocycles. The SMILES string of the molecule is C[C@H]1CN(C(=O)[C@@H]2C[C@H](S)CN2C(=O)OCc2ccc([N+](=O)[O-])cc2)CCN1C=NC(=O)OCc1ccc([N+](=O)[O-])cc1.O=S(=O)(O)C(F)(F)F. The number of nitrogens with zero attached hydrogens (tertiary/aromatic N) is 6. The maximum Gasteiger partial charge on any atom is 0.522 e. The summed E-state index contributed by atoms with van der Waals surface area (Å²) in [6.45, 7) is 2.99. The molecule has 278 valence electrons. The zero-order chi connectivity index (χ0) is 38.1. The molecule has 4 rings (SSSR count). The molecule has 2 aromatic carbocycles. The van der Waals surface area contributed by atoms with Gasteiger partial charge in [-0.1, -0.05) is 0 Å². The summed E-state index contributed by atoms with van der Waals surface area (Å²) in [6.07, 6.45) is 0.244. The number of non-ortho nitro benzene ring substituents is 2. The Labute approximate surface area is 293 Å². The Balaban J connectivity index is 0.000000783. The van der Waals surface area contributed by atoms with Gasteiger partial charge >= 0.3 is 27.8 Å². The number of carbonyl (C=O) groups is 3. The number of thiol groups is 1. The van der Waals surface area contributed by atoms with Gasteiger partial charge in [0.15, 0.2) is 0 Å². The van der Waals surface area contributed by atoms with E-state index in [1.54, 1.807) is 4.90 Å². The monoisotopic (exact) mass is 764 g/mol. The lowest BCUT2D eigenvalue weighted by Crippen LogP contribution is -2.57. The highest BCUT2D eigenvalue weighted by Gasteiger charge is 2.44. The second-order valence-corrected chi connectivity index (χ2v) is 13.2. The van der Waals surface area contributed by atoms with Gasteiger partial charge in [0.1, 0.15) is 19.3 Å². The van der Waals surface area contributed by atoms with Gasteiger partial charge in [-0.25, -0.2) is 9.59 Å². The van der Waals surface area contributed by atoms with Crippen molar-refractivity contribution < 1.29 is 59.8 Å². The number of aliphatic imine (C=N–C) groups is 1. The average molecular weight is 765 g/mol. The van der Waals surface area contributed by atoms with Gasteiger partial charge in [0.2, 0.25) is 5.91 Å². The predicted octanol–water partition coefficient (Wildman–Crippen LogP) is 3.80. The Morgan fingerprint density at radius 1 is 0.961 bits per heavy atom. The third-order valence-corrected chi connectivity index (χ3v) is 8.37. The molecular weight excluding hydrogens is 733 g/mol. The summed E-state index contributed by atoms with van der Waals surface area (Å²) in [5.41, 5.74) is -4.52. The maximum atomic E-state index is 13.4. The minimum absolute atomic E-state index is 0.0644. The van der Waals surface area contributed by atoms with Crippen molar-refractivity contribution in [2.45, 2.75) is 49.4 Å². The second-order valence-electron chi connectivity index (χ2n) is 11.1. The summed E-state index contributed by atoms with van der Waals surface area (Å²) in [7, 11) is -5.84. The van der Waals surface area contributed by atoms with E-state index in [1.807, 2.05) is 11.8 Å². The normalized spacial score (nSPS) is 19.3. The standard InChI is InChI=1S/C27H30N6O9S.CHF3O3S/c1-18-13-29(10-11-30(18)17-28-26(35)41-15-19-2-6-21(7-3-19)32(37)38)25(34)24-12-23(43)14-31(24)27(36)42-16-20-4-8-22(9-5-20)33(39)40;2-1(3,4)8(5,6)7/h2-9,17-18,23-24,43H,10-16H2,1H3;(H,5,6,7)/t18-,23-,24-;/m0./s1. The smallest absolute Gasteiger partial charge is 0.445 e. The molecule has 0 unspecified atom stereocenters. The molecule has 0 aromatic heterocycles. The lowest BCUT2D eigenvalue weighted by atomic mass is 10.1. The van der Waals surface area contributed by atoms with E-state index in [0.29, 0.717) is 37.2 Å². The summed E-state index contributed by atoms with van der Waals surface area (Å²) in [4.78, 5) is 67.6. The van der Waals surface area contributed by atoms with Gasteiger partial charge in [0.05, 0.1) is 16.2 Å². The van der Waals surface area contributed by atoms with Crippen LogP contribution in [0.4, 0.5) is 34.1 Å². The number of alkyl halides is 3. The number of likely N-dealkylation sites (tertiary alicyclic amines) is 1. The molecule has 1 N–H and O–H groups in total. The van der Waals surface area contributed by atoms with E-state index < -0.39 is 43.7 Å². The van der Waals surface area contributed by atoms with E-state index in [4.69, 9.17) is 22.4 Å². The minimum atomic E-state index is -5.84. The van der Waals surface area contributed by atoms with Crippen LogP contribution in [0.5, 0.6) is 0 Å². The van der Waals surface area contributed by atoms with Gasteiger partial charge in [0, 0.05) is 61.7 Å². The van der Waals surface area contributed by atoms with E-state index >= 15 is 0 Å². The highest BCUT2D eigenvalue weighted by atomic mass is 32.2. The molecule has 2 aliphatic heterocycles. The van der Waals surface area contributed by atoms with Crippen LogP contribution in [0.3, 0.4) is 0 Å². The quantitative estimate of drug-likeness (QED) is 0.0742. The number of benzene rings is 2. The lowest BCUT2D eigenvalue weighted by molar-refractivity contribution is -0.385. The Morgan fingerprint density at radius 3 is 1.90 bits per heavy atom. The molecule has 0 spiro atoms. The number of rotatable bonds is 8. The number of hydrogen-bond donors (Lipinski definition) is 2. The number of halogens is 3. The minimum Gasteiger partial charge on any atom is -0.445 e. The predicted molar refractivity (Wildman–Crippen MR) is 173 cm³/mol. The van der Waals surface area contributed by atoms with Crippen LogP contribution < -0.4 is 0 Å². The van der Waals surface area contributed by atoms with Crippen molar-refractivity contribution in [2.75, 3.05) is 26.2 Å². The fourth-order valence-corrected chi connectivity index (χ4v) is 5.14. The molecule has 23 heteroatoms. The van der Waals surface area contributed by atoms with Crippen LogP contribution in [-0.2, 0) is 37.6 Å². The molecule has 2 aliphatic rings. The molecule has 3 amide bonds. The van der Waals surface area contributed by atoms with Gasteiger partial charge in [-0.2, -0.15) is 39.2 Å². The van der Waals surface area contributed by atoms with Crippen molar-refractivity contribution in [2.24, 2.45) is 4.99 Å². The molecule has 18 nitrogen and oxygen atoms in total. The number of amides is 3. The van der Waals surface area contributed by atoms with Crippen LogP contribution in [0.15, 0.2) is 53.5 Å². The molecule has 2 heterocycles. The van der Waals surface area contributed by atoms with Gasteiger partial charge in [0.25, 0.3) is 11.4 Å². The van der Waals surface area contributed by atoms with Crippen LogP contribution in [0.1, 0.15) is 24.5 Å². The Morgan fingerprint density at radius 2 is 1.45 bits per heavy atom. The molecular formula is C28H31F3N6O12S2. The molecule has 3 atom stereocenters. The van der Waals surface area contributed by atoms with Crippen molar-refractivity contribution in [3.63, 3.8) is 0 Å². The van der Waals surface area contributed by atoms with E-state index in [9.17, 15) is 47.8 Å². The van der Waals surface area contributed by atoms with Crippen molar-refractivity contribution in [3.05, 3.63) is 79.9 Å². The number of carbonyl (C=O) groups excluding carboxylic acids is 3. The lowest BCUT2D eigenvalue weighted by Gasteiger charge is -2.40. The number of nitro groups is 2. The Hall–Kier alpha value is -5.03. The number of nitro benzene ring substituents is 2. The van der Waals surface area contributed by atoms with Gasteiger partial charge in [-0.3, -0.25) is 34.5 Å². The maximum absolute atomic E-state index is 13.4. The summed E-state index contributed by atoms with van der Waals surface area (Å²) in [5.74, 6) is -0.227. The van der Waals surface area contributed by atoms with E-state index in [2.05, 4.69) is 17.6 Å². The molecule has 0 radical (unpaired) electrons. The highest BCUT2D eigenvalue weighted by molar-refractivity contribution is 7.86. The van der Waals surface area contributed by atoms with Crippen molar-refractivity contribution >= 4 is 58.6 Å². The average Bonchev–Trinajstić information content (AvgIpc) is 3.46. The van der Waals surface area contributed by atoms with Crippen LogP contribution in [0.2, 0.25) is 0 Å². The van der Waals surface area contributed by atoms with Crippen molar-refractivity contribution in [1.29, 1.82) is 0 Å². The van der Waals surface area contributed by atoms with Crippen LogP contribution in [-0.4, -0.2) is 111 Å². The fourth-order valence-electron chi connectivity index (χ4n) is 4.76. The first-order valence-electron chi connectivity index (χ1n) is 14.6. The topological polar surface area (TPSA) is 232 Å². The van der Waals surface area contributed by atoms with E-state index in [-0.39, 0.29) is 48.3 Å². The summed E-state index contributed by atoms with van der Waals surface area (Å²) in [5, 5.41) is 21.4. The molecule has 2 fully saturated rings. The number of hydrogen-bond acceptors (Lipinski definition) is 12. The van der Waals surface area contributed by atoms with Crippen LogP contribution in [0, 0.1) is 20.2 Å². The van der Waals surface area contributed by atoms with Crippen molar-refractivity contribution in [1.82, 2.24) is 14.7 Å². The fraction of sp³-hybridized carbons (Fsp3) is 0.429. The summed E-state index contributed by atoms with van der Waals surface area (Å²) in [6, 6.07) is 10.4. The molecule has 51 heavy (non-hydrogen) atoms. The third-order valence-electron chi connectivity index (χ3n) is 7.41. The Bertz CT molecular complexity index is 1730. The third kappa shape index (κ3) is 11.8. The zero-order valence-corrected chi connectivity index (χ0v) is 28.2. The second kappa shape index (κ2) is 17.3.